The van der Waals surface area contributed by atoms with Crippen molar-refractivity contribution in [2.75, 3.05) is 0 Å². The van der Waals surface area contributed by atoms with Crippen LogP contribution in [0.3, 0.4) is 0 Å². The second-order valence-corrected chi connectivity index (χ2v) is 4.37. The lowest BCUT2D eigenvalue weighted by Crippen LogP contribution is -2.06. The molecule has 0 bridgehead atoms. The third-order valence-electron chi connectivity index (χ3n) is 2.61. The molecule has 0 radical (unpaired) electrons. The second-order valence-electron chi connectivity index (χ2n) is 3.96. The van der Waals surface area contributed by atoms with E-state index in [4.69, 9.17) is 11.6 Å². The van der Waals surface area contributed by atoms with Gasteiger partial charge in [-0.1, -0.05) is 17.7 Å². The van der Waals surface area contributed by atoms with Gasteiger partial charge in [0.1, 0.15) is 17.5 Å². The van der Waals surface area contributed by atoms with Gasteiger partial charge in [0, 0.05) is 18.1 Å². The largest absolute Gasteiger partial charge is 0.294 e. The monoisotopic (exact) mass is 284 g/mol. The molecule has 0 aliphatic heterocycles. The minimum atomic E-state index is -0.803. The van der Waals surface area contributed by atoms with E-state index in [9.17, 15) is 18.0 Å². The van der Waals surface area contributed by atoms with Crippen molar-refractivity contribution in [3.63, 3.8) is 0 Å². The van der Waals surface area contributed by atoms with Gasteiger partial charge < -0.3 is 0 Å². The first-order valence-corrected chi connectivity index (χ1v) is 5.77. The number of halogens is 4. The highest BCUT2D eigenvalue weighted by atomic mass is 35.5. The normalized spacial score (nSPS) is 10.5. The zero-order valence-electron chi connectivity index (χ0n) is 9.59. The van der Waals surface area contributed by atoms with Gasteiger partial charge >= 0.3 is 0 Å². The van der Waals surface area contributed by atoms with E-state index in [1.165, 1.54) is 18.2 Å². The average Bonchev–Trinajstić information content (AvgIpc) is 2.36. The molecular weight excluding hydrogens is 277 g/mol. The van der Waals surface area contributed by atoms with Crippen molar-refractivity contribution < 1.29 is 18.0 Å². The molecule has 0 atom stereocenters. The lowest BCUT2D eigenvalue weighted by atomic mass is 10.0. The van der Waals surface area contributed by atoms with Crippen molar-refractivity contribution in [1.82, 2.24) is 0 Å². The van der Waals surface area contributed by atoms with E-state index in [0.29, 0.717) is 6.07 Å². The fourth-order valence-corrected chi connectivity index (χ4v) is 1.73. The van der Waals surface area contributed by atoms with Crippen molar-refractivity contribution in [3.05, 3.63) is 70.0 Å². The standard InChI is InChI=1S/C14H8ClF3O/c15-11-4-2-9(5-13(11)18)14(19)6-8-1-3-10(16)7-12(8)17/h1-5,7H,6H2. The summed E-state index contributed by atoms with van der Waals surface area (Å²) in [6.45, 7) is 0. The van der Waals surface area contributed by atoms with Crippen molar-refractivity contribution in [2.24, 2.45) is 0 Å². The number of rotatable bonds is 3. The van der Waals surface area contributed by atoms with Crippen LogP contribution in [-0.4, -0.2) is 5.78 Å². The zero-order chi connectivity index (χ0) is 14.0. The van der Waals surface area contributed by atoms with E-state index >= 15 is 0 Å². The minimum Gasteiger partial charge on any atom is -0.294 e. The summed E-state index contributed by atoms with van der Waals surface area (Å²) in [6, 6.07) is 6.56. The predicted molar refractivity (Wildman–Crippen MR) is 65.8 cm³/mol. The van der Waals surface area contributed by atoms with Crippen molar-refractivity contribution in [2.45, 2.75) is 6.42 Å². The molecule has 19 heavy (non-hydrogen) atoms. The zero-order valence-corrected chi connectivity index (χ0v) is 10.3. The summed E-state index contributed by atoms with van der Waals surface area (Å²) in [6.07, 6.45) is -0.271. The molecule has 0 N–H and O–H groups in total. The van der Waals surface area contributed by atoms with Crippen LogP contribution in [0.1, 0.15) is 15.9 Å². The Morgan fingerprint density at radius 1 is 1.00 bits per heavy atom. The first-order valence-electron chi connectivity index (χ1n) is 5.39. The summed E-state index contributed by atoms with van der Waals surface area (Å²) in [5, 5.41) is -0.0930. The summed E-state index contributed by atoms with van der Waals surface area (Å²) in [5.41, 5.74) is 0.146. The van der Waals surface area contributed by atoms with Crippen LogP contribution < -0.4 is 0 Å². The van der Waals surface area contributed by atoms with E-state index in [0.717, 1.165) is 12.1 Å². The molecule has 0 unspecified atom stereocenters. The van der Waals surface area contributed by atoms with Crippen LogP contribution in [-0.2, 0) is 6.42 Å². The van der Waals surface area contributed by atoms with E-state index in [2.05, 4.69) is 0 Å². The summed E-state index contributed by atoms with van der Waals surface area (Å²) in [5.74, 6) is -2.71. The fraction of sp³-hybridized carbons (Fsp3) is 0.0714. The molecule has 0 spiro atoms. The fourth-order valence-electron chi connectivity index (χ4n) is 1.61. The van der Waals surface area contributed by atoms with Crippen molar-refractivity contribution >= 4 is 17.4 Å². The van der Waals surface area contributed by atoms with Gasteiger partial charge in [0.05, 0.1) is 5.02 Å². The third kappa shape index (κ3) is 3.15. The first-order chi connectivity index (χ1) is 8.97. The Balaban J connectivity index is 2.23. The van der Waals surface area contributed by atoms with Crippen LogP contribution in [0.2, 0.25) is 5.02 Å². The maximum absolute atomic E-state index is 13.4. The van der Waals surface area contributed by atoms with Crippen molar-refractivity contribution in [1.29, 1.82) is 0 Å². The van der Waals surface area contributed by atoms with Crippen LogP contribution in [0.25, 0.3) is 0 Å². The highest BCUT2D eigenvalue weighted by molar-refractivity contribution is 6.30. The molecule has 5 heteroatoms. The minimum absolute atomic E-state index is 0.0572. The van der Waals surface area contributed by atoms with Crippen LogP contribution in [0.5, 0.6) is 0 Å². The number of carbonyl (C=O) groups is 1. The number of benzene rings is 2. The Labute approximate surface area is 112 Å². The second kappa shape index (κ2) is 5.45. The Morgan fingerprint density at radius 3 is 2.37 bits per heavy atom. The van der Waals surface area contributed by atoms with Gasteiger partial charge in [-0.25, -0.2) is 13.2 Å². The van der Waals surface area contributed by atoms with Gasteiger partial charge in [0.25, 0.3) is 0 Å². The molecule has 0 aliphatic rings. The third-order valence-corrected chi connectivity index (χ3v) is 2.91. The van der Waals surface area contributed by atoms with Gasteiger partial charge in [0.15, 0.2) is 5.78 Å². The lowest BCUT2D eigenvalue weighted by molar-refractivity contribution is 0.0991. The molecule has 0 saturated heterocycles. The highest BCUT2D eigenvalue weighted by Crippen LogP contribution is 2.18. The van der Waals surface area contributed by atoms with Gasteiger partial charge in [0.2, 0.25) is 0 Å². The Bertz CT molecular complexity index is 641. The molecule has 0 amide bonds. The molecule has 0 aliphatic carbocycles. The number of Topliss-reactive ketones (excluding diaryl/α,β-unsaturated/α-hetero) is 1. The van der Waals surface area contributed by atoms with E-state index in [1.807, 2.05) is 0 Å². The molecule has 0 saturated carbocycles. The van der Waals surface area contributed by atoms with Gasteiger partial charge in [-0.2, -0.15) is 0 Å². The predicted octanol–water partition coefficient (Wildman–Crippen LogP) is 4.18. The van der Waals surface area contributed by atoms with Crippen LogP contribution in [0.4, 0.5) is 13.2 Å². The number of hydrogen-bond donors (Lipinski definition) is 0. The molecule has 1 nitrogen and oxygen atoms in total. The van der Waals surface area contributed by atoms with E-state index in [1.54, 1.807) is 0 Å². The van der Waals surface area contributed by atoms with E-state index < -0.39 is 23.2 Å². The van der Waals surface area contributed by atoms with Crippen LogP contribution in [0.15, 0.2) is 36.4 Å². The van der Waals surface area contributed by atoms with Crippen molar-refractivity contribution in [3.8, 4) is 0 Å². The Hall–Kier alpha value is -1.81. The average molecular weight is 285 g/mol. The summed E-state index contributed by atoms with van der Waals surface area (Å²) < 4.78 is 39.3. The SMILES string of the molecule is O=C(Cc1ccc(F)cc1F)c1ccc(Cl)c(F)c1. The molecule has 0 fully saturated rings. The quantitative estimate of drug-likeness (QED) is 0.773. The lowest BCUT2D eigenvalue weighted by Gasteiger charge is -2.04. The first kappa shape index (κ1) is 13.6. The Morgan fingerprint density at radius 2 is 1.74 bits per heavy atom. The van der Waals surface area contributed by atoms with Crippen LogP contribution >= 0.6 is 11.6 Å². The molecule has 98 valence electrons. The number of carbonyl (C=O) groups excluding carboxylic acids is 1. The van der Waals surface area contributed by atoms with E-state index in [-0.39, 0.29) is 22.6 Å². The maximum Gasteiger partial charge on any atom is 0.167 e. The van der Waals surface area contributed by atoms with Gasteiger partial charge in [-0.3, -0.25) is 4.79 Å². The smallest absolute Gasteiger partial charge is 0.167 e. The number of ketones is 1. The van der Waals surface area contributed by atoms with Gasteiger partial charge in [-0.15, -0.1) is 0 Å². The molecular formula is C14H8ClF3O. The molecule has 2 aromatic carbocycles. The molecule has 0 heterocycles. The topological polar surface area (TPSA) is 17.1 Å². The van der Waals surface area contributed by atoms with Crippen LogP contribution in [0, 0.1) is 17.5 Å². The number of hydrogen-bond acceptors (Lipinski definition) is 1. The summed E-state index contributed by atoms with van der Waals surface area (Å²) >= 11 is 5.50. The molecule has 0 aromatic heterocycles. The maximum atomic E-state index is 13.4. The highest BCUT2D eigenvalue weighted by Gasteiger charge is 2.13. The summed E-state index contributed by atoms with van der Waals surface area (Å²) in [4.78, 5) is 11.8. The molecule has 2 rings (SSSR count). The summed E-state index contributed by atoms with van der Waals surface area (Å²) in [7, 11) is 0. The van der Waals surface area contributed by atoms with Gasteiger partial charge in [-0.05, 0) is 29.8 Å². The molecule has 2 aromatic rings. The Kier molecular flexibility index (Phi) is 3.90.